The molecule has 1 N–H and O–H groups in total. The van der Waals surface area contributed by atoms with E-state index in [1.807, 2.05) is 6.07 Å². The molecule has 2 aromatic rings. The maximum absolute atomic E-state index is 13.2. The Bertz CT molecular complexity index is 808. The van der Waals surface area contributed by atoms with E-state index in [1.54, 1.807) is 13.4 Å². The van der Waals surface area contributed by atoms with Crippen LogP contribution in [0.4, 0.5) is 0 Å². The summed E-state index contributed by atoms with van der Waals surface area (Å²) in [6.07, 6.45) is 5.64. The van der Waals surface area contributed by atoms with Crippen LogP contribution in [0.15, 0.2) is 28.9 Å². The molecule has 2 aliphatic rings. The summed E-state index contributed by atoms with van der Waals surface area (Å²) in [4.78, 5) is 15.3. The fourth-order valence-electron chi connectivity index (χ4n) is 4.08. The Labute approximate surface area is 166 Å². The van der Waals surface area contributed by atoms with Crippen LogP contribution < -0.4 is 10.1 Å². The maximum atomic E-state index is 13.2. The lowest BCUT2D eigenvalue weighted by molar-refractivity contribution is -0.137. The molecule has 1 unspecified atom stereocenters. The van der Waals surface area contributed by atoms with Gasteiger partial charge in [-0.05, 0) is 56.5 Å². The van der Waals surface area contributed by atoms with E-state index >= 15 is 0 Å². The molecule has 28 heavy (non-hydrogen) atoms. The van der Waals surface area contributed by atoms with Gasteiger partial charge in [0.15, 0.2) is 0 Å². The Morgan fingerprint density at radius 2 is 2.18 bits per heavy atom. The first-order valence-corrected chi connectivity index (χ1v) is 10.3. The van der Waals surface area contributed by atoms with Crippen LogP contribution in [0.5, 0.6) is 5.75 Å². The minimum Gasteiger partial charge on any atom is -0.493 e. The number of hydrogen-bond donors (Lipinski definition) is 1. The van der Waals surface area contributed by atoms with Crippen LogP contribution in [0.25, 0.3) is 11.0 Å². The highest BCUT2D eigenvalue weighted by Crippen LogP contribution is 2.39. The van der Waals surface area contributed by atoms with Gasteiger partial charge in [0, 0.05) is 32.7 Å². The fraction of sp³-hybridized carbons (Fsp3) is 0.591. The molecule has 6 heteroatoms. The Morgan fingerprint density at radius 3 is 2.89 bits per heavy atom. The minimum absolute atomic E-state index is 0.00331. The van der Waals surface area contributed by atoms with Crippen molar-refractivity contribution < 1.29 is 18.7 Å². The normalized spacial score (nSPS) is 20.4. The van der Waals surface area contributed by atoms with Crippen molar-refractivity contribution in [2.45, 2.75) is 44.7 Å². The van der Waals surface area contributed by atoms with E-state index in [1.165, 1.54) is 0 Å². The molecular formula is C22H30N2O4. The van der Waals surface area contributed by atoms with Crippen molar-refractivity contribution in [1.82, 2.24) is 10.2 Å². The summed E-state index contributed by atoms with van der Waals surface area (Å²) in [6, 6.07) is 6.42. The third-order valence-electron chi connectivity index (χ3n) is 5.81. The summed E-state index contributed by atoms with van der Waals surface area (Å²) in [5, 5.41) is 4.29. The van der Waals surface area contributed by atoms with Crippen LogP contribution >= 0.6 is 0 Å². The lowest BCUT2D eigenvalue weighted by Crippen LogP contribution is -2.40. The number of furan rings is 1. The smallest absolute Gasteiger partial charge is 0.227 e. The second kappa shape index (κ2) is 8.53. The van der Waals surface area contributed by atoms with Gasteiger partial charge in [-0.1, -0.05) is 0 Å². The van der Waals surface area contributed by atoms with E-state index < -0.39 is 0 Å². The van der Waals surface area contributed by atoms with E-state index in [-0.39, 0.29) is 17.9 Å². The number of hydrogen-bond acceptors (Lipinski definition) is 5. The first-order chi connectivity index (χ1) is 13.7. The second-order valence-corrected chi connectivity index (χ2v) is 7.89. The number of fused-ring (bicyclic) bond motifs is 1. The number of rotatable bonds is 9. The maximum Gasteiger partial charge on any atom is 0.227 e. The molecule has 1 amide bonds. The molecule has 1 aliphatic heterocycles. The molecule has 1 aromatic carbocycles. The molecule has 1 aliphatic carbocycles. The topological polar surface area (TPSA) is 63.9 Å². The van der Waals surface area contributed by atoms with Gasteiger partial charge in [0.1, 0.15) is 11.3 Å². The van der Waals surface area contributed by atoms with Gasteiger partial charge in [0.2, 0.25) is 5.91 Å². The number of carbonyl (C=O) groups is 1. The minimum atomic E-state index is -0.00331. The third-order valence-corrected chi connectivity index (χ3v) is 5.81. The molecular weight excluding hydrogens is 356 g/mol. The van der Waals surface area contributed by atoms with Crippen LogP contribution in [-0.4, -0.2) is 50.3 Å². The molecule has 1 aromatic heterocycles. The van der Waals surface area contributed by atoms with E-state index in [0.29, 0.717) is 19.3 Å². The summed E-state index contributed by atoms with van der Waals surface area (Å²) >= 11 is 0. The molecule has 0 bridgehead atoms. The summed E-state index contributed by atoms with van der Waals surface area (Å²) in [7, 11) is 1.69. The highest BCUT2D eigenvalue weighted by atomic mass is 16.5. The zero-order valence-corrected chi connectivity index (χ0v) is 16.8. The number of nitrogens with zero attached hydrogens (tertiary/aromatic N) is 1. The number of ether oxygens (including phenoxy) is 2. The second-order valence-electron chi connectivity index (χ2n) is 7.89. The van der Waals surface area contributed by atoms with Crippen molar-refractivity contribution >= 4 is 16.9 Å². The van der Waals surface area contributed by atoms with Crippen molar-refractivity contribution in [2.24, 2.45) is 5.92 Å². The van der Waals surface area contributed by atoms with E-state index in [2.05, 4.69) is 29.3 Å². The first-order valence-electron chi connectivity index (χ1n) is 10.3. The predicted molar refractivity (Wildman–Crippen MR) is 107 cm³/mol. The molecule has 6 nitrogen and oxygen atoms in total. The number of methoxy groups -OCH3 is 1. The van der Waals surface area contributed by atoms with Crippen molar-refractivity contribution in [3.05, 3.63) is 30.0 Å². The Balaban J connectivity index is 1.58. The summed E-state index contributed by atoms with van der Waals surface area (Å²) in [6.45, 7) is 5.10. The predicted octanol–water partition coefficient (Wildman–Crippen LogP) is 3.51. The van der Waals surface area contributed by atoms with E-state index in [9.17, 15) is 4.79 Å². The quantitative estimate of drug-likeness (QED) is 0.668. The Hall–Kier alpha value is -2.05. The number of amides is 1. The fourth-order valence-corrected chi connectivity index (χ4v) is 4.08. The van der Waals surface area contributed by atoms with Gasteiger partial charge in [-0.2, -0.15) is 0 Å². The van der Waals surface area contributed by atoms with Gasteiger partial charge in [0.25, 0.3) is 0 Å². The van der Waals surface area contributed by atoms with Crippen LogP contribution in [-0.2, 0) is 9.53 Å². The van der Waals surface area contributed by atoms with Gasteiger partial charge < -0.3 is 24.1 Å². The standard InChI is InChI=1S/C22H30N2O4/c1-15(24(18-4-5-18)22(25)16-6-8-23-14-16)17-12-20(27-10-3-9-26-2)19-7-11-28-21(19)13-17/h7,11-13,15-16,18,23H,3-6,8-10,14H2,1-2H3/t15?,16-/m1/s1. The average molecular weight is 386 g/mol. The number of benzene rings is 1. The monoisotopic (exact) mass is 386 g/mol. The zero-order chi connectivity index (χ0) is 19.5. The van der Waals surface area contributed by atoms with Gasteiger partial charge >= 0.3 is 0 Å². The summed E-state index contributed by atoms with van der Waals surface area (Å²) in [5.41, 5.74) is 1.87. The van der Waals surface area contributed by atoms with E-state index in [4.69, 9.17) is 13.9 Å². The van der Waals surface area contributed by atoms with E-state index in [0.717, 1.165) is 61.1 Å². The van der Waals surface area contributed by atoms with Crippen LogP contribution in [0.1, 0.15) is 44.2 Å². The zero-order valence-electron chi connectivity index (χ0n) is 16.8. The molecule has 0 spiro atoms. The molecule has 0 radical (unpaired) electrons. The van der Waals surface area contributed by atoms with Gasteiger partial charge in [0.05, 0.1) is 30.2 Å². The van der Waals surface area contributed by atoms with Crippen molar-refractivity contribution in [2.75, 3.05) is 33.4 Å². The van der Waals surface area contributed by atoms with Crippen molar-refractivity contribution in [1.29, 1.82) is 0 Å². The molecule has 2 atom stereocenters. The van der Waals surface area contributed by atoms with Gasteiger partial charge in [-0.15, -0.1) is 0 Å². The molecule has 1 saturated carbocycles. The van der Waals surface area contributed by atoms with Gasteiger partial charge in [-0.3, -0.25) is 4.79 Å². The molecule has 2 heterocycles. The van der Waals surface area contributed by atoms with Crippen molar-refractivity contribution in [3.63, 3.8) is 0 Å². The van der Waals surface area contributed by atoms with Crippen LogP contribution in [0, 0.1) is 5.92 Å². The highest BCUT2D eigenvalue weighted by molar-refractivity contribution is 5.85. The number of nitrogens with one attached hydrogen (secondary N) is 1. The van der Waals surface area contributed by atoms with Crippen LogP contribution in [0.3, 0.4) is 0 Å². The highest BCUT2D eigenvalue weighted by Gasteiger charge is 2.39. The van der Waals surface area contributed by atoms with Gasteiger partial charge in [-0.25, -0.2) is 0 Å². The lowest BCUT2D eigenvalue weighted by Gasteiger charge is -2.32. The largest absolute Gasteiger partial charge is 0.493 e. The molecule has 1 saturated heterocycles. The molecule has 152 valence electrons. The average Bonchev–Trinajstić information content (AvgIpc) is 3.19. The Kier molecular flexibility index (Phi) is 5.87. The summed E-state index contributed by atoms with van der Waals surface area (Å²) < 4.78 is 16.8. The third kappa shape index (κ3) is 4.03. The van der Waals surface area contributed by atoms with Crippen molar-refractivity contribution in [3.8, 4) is 5.75 Å². The first kappa shape index (κ1) is 19.3. The molecule has 4 rings (SSSR count). The SMILES string of the molecule is COCCCOc1cc(C(C)N(C(=O)[C@@H]2CCNC2)C2CC2)cc2occc12. The summed E-state index contributed by atoms with van der Waals surface area (Å²) in [5.74, 6) is 1.19. The number of carbonyl (C=O) groups excluding carboxylic acids is 1. The Morgan fingerprint density at radius 1 is 1.32 bits per heavy atom. The molecule has 2 fully saturated rings. The lowest BCUT2D eigenvalue weighted by atomic mass is 10.0. The van der Waals surface area contributed by atoms with Crippen LogP contribution in [0.2, 0.25) is 0 Å².